The van der Waals surface area contributed by atoms with Crippen molar-refractivity contribution in [1.82, 2.24) is 0 Å². The van der Waals surface area contributed by atoms with Crippen LogP contribution in [0.4, 0.5) is 0 Å². The van der Waals surface area contributed by atoms with Gasteiger partial charge in [-0.25, -0.2) is 0 Å². The zero-order valence-electron chi connectivity index (χ0n) is 7.68. The molecule has 0 N–H and O–H groups in total. The van der Waals surface area contributed by atoms with E-state index in [1.165, 1.54) is 0 Å². The Balaban J connectivity index is -0.0000000300. The van der Waals surface area contributed by atoms with E-state index in [0.29, 0.717) is 0 Å². The molecule has 0 aliphatic heterocycles. The molecule has 0 spiro atoms. The van der Waals surface area contributed by atoms with Crippen molar-refractivity contribution < 1.29 is 34.8 Å². The van der Waals surface area contributed by atoms with E-state index in [1.807, 2.05) is 0 Å². The summed E-state index contributed by atoms with van der Waals surface area (Å²) in [5.74, 6) is 0. The minimum absolute atomic E-state index is 0. The maximum atomic E-state index is 2.27. The van der Waals surface area contributed by atoms with E-state index in [1.54, 1.807) is 0 Å². The molecule has 0 saturated carbocycles. The maximum Gasteiger partial charge on any atom is 1.00 e. The van der Waals surface area contributed by atoms with E-state index in [9.17, 15) is 0 Å². The fraction of sp³-hybridized carbons (Fsp3) is 1.00. The van der Waals surface area contributed by atoms with Gasteiger partial charge in [0.05, 0.1) is 0 Å². The van der Waals surface area contributed by atoms with E-state index in [4.69, 9.17) is 0 Å². The van der Waals surface area contributed by atoms with Gasteiger partial charge in [0.15, 0.2) is 0 Å². The zero-order valence-corrected chi connectivity index (χ0v) is 12.6. The number of halogens is 1. The van der Waals surface area contributed by atoms with Crippen LogP contribution in [0.2, 0.25) is 0 Å². The van der Waals surface area contributed by atoms with Gasteiger partial charge in [-0.15, -0.1) is 0 Å². The summed E-state index contributed by atoms with van der Waals surface area (Å²) in [4.78, 5) is 0. The first-order valence-electron chi connectivity index (χ1n) is 3.00. The summed E-state index contributed by atoms with van der Waals surface area (Å²) in [6.45, 7) is 13.6. The van der Waals surface area contributed by atoms with E-state index >= 15 is 0 Å². The molecule has 0 aliphatic rings. The molecule has 10 heavy (non-hydrogen) atoms. The van der Waals surface area contributed by atoms with Crippen LogP contribution in [0.15, 0.2) is 0 Å². The van der Waals surface area contributed by atoms with Gasteiger partial charge < -0.3 is 12.4 Å². The Labute approximate surface area is 90.4 Å². The molecule has 0 radical (unpaired) electrons. The SMILES string of the molecule is C[PH+](C)C.C[PH+](C)C.[Au+].[Cl-]. The summed E-state index contributed by atoms with van der Waals surface area (Å²) in [6.07, 6.45) is 0. The van der Waals surface area contributed by atoms with E-state index in [-0.39, 0.29) is 50.6 Å². The normalized spacial score (nSPS) is 7.20. The Hall–Kier alpha value is 1.89. The van der Waals surface area contributed by atoms with E-state index < -0.39 is 0 Å². The number of hydrogen-bond donors (Lipinski definition) is 0. The minimum atomic E-state index is 0. The molecule has 0 aromatic carbocycles. The summed E-state index contributed by atoms with van der Waals surface area (Å²) in [6, 6.07) is 0. The summed E-state index contributed by atoms with van der Waals surface area (Å²) in [5.41, 5.74) is 0. The van der Waals surface area contributed by atoms with Crippen LogP contribution >= 0.6 is 15.8 Å². The average Bonchev–Trinajstić information content (AvgIpc) is 1.25. The Morgan fingerprint density at radius 2 is 0.600 bits per heavy atom. The van der Waals surface area contributed by atoms with Crippen LogP contribution in [0.3, 0.4) is 0 Å². The molecule has 0 heterocycles. The van der Waals surface area contributed by atoms with Crippen molar-refractivity contribution in [1.29, 1.82) is 0 Å². The summed E-state index contributed by atoms with van der Waals surface area (Å²) >= 11 is 0. The van der Waals surface area contributed by atoms with Crippen molar-refractivity contribution in [2.75, 3.05) is 40.0 Å². The molecule has 70 valence electrons. The Kier molecular flexibility index (Phi) is 38.8. The Bertz CT molecular complexity index is 31.2. The van der Waals surface area contributed by atoms with Crippen LogP contribution in [0.25, 0.3) is 0 Å². The van der Waals surface area contributed by atoms with Gasteiger partial charge in [0, 0.05) is 40.0 Å². The maximum absolute atomic E-state index is 2.27. The van der Waals surface area contributed by atoms with Crippen LogP contribution in [-0.2, 0) is 22.4 Å². The van der Waals surface area contributed by atoms with Gasteiger partial charge >= 0.3 is 22.4 Å². The molecule has 4 heteroatoms. The molecule has 0 fully saturated rings. The van der Waals surface area contributed by atoms with Crippen molar-refractivity contribution >= 4 is 15.8 Å². The fourth-order valence-corrected chi connectivity index (χ4v) is 0. The van der Waals surface area contributed by atoms with Crippen LogP contribution < -0.4 is 12.4 Å². The third-order valence-corrected chi connectivity index (χ3v) is 0. The molecule has 0 unspecified atom stereocenters. The van der Waals surface area contributed by atoms with Crippen LogP contribution in [0.5, 0.6) is 0 Å². The molecule has 0 nitrogen and oxygen atoms in total. The second-order valence-corrected chi connectivity index (χ2v) is 9.00. The molecule has 0 bridgehead atoms. The fourth-order valence-electron chi connectivity index (χ4n) is 0. The van der Waals surface area contributed by atoms with Crippen molar-refractivity contribution in [3.63, 3.8) is 0 Å². The molecule has 0 rings (SSSR count). The molecular formula is C6H20AuClP2+2. The van der Waals surface area contributed by atoms with Crippen molar-refractivity contribution in [3.05, 3.63) is 0 Å². The van der Waals surface area contributed by atoms with Gasteiger partial charge in [0.2, 0.25) is 0 Å². The molecular weight excluding hydrogens is 366 g/mol. The first-order valence-corrected chi connectivity index (χ1v) is 9.00. The topological polar surface area (TPSA) is 0 Å². The van der Waals surface area contributed by atoms with Gasteiger partial charge in [0.25, 0.3) is 0 Å². The predicted molar refractivity (Wildman–Crippen MR) is 52.2 cm³/mol. The minimum Gasteiger partial charge on any atom is -1.00 e. The standard InChI is InChI=1S/2C3H9P.Au.ClH/c2*1-4(2)3;;/h2*1-3H3;;1H/q;;+1;/p+1. The monoisotopic (exact) mass is 386 g/mol. The van der Waals surface area contributed by atoms with Crippen molar-refractivity contribution in [2.24, 2.45) is 0 Å². The third-order valence-electron chi connectivity index (χ3n) is 0. The van der Waals surface area contributed by atoms with Crippen LogP contribution in [0, 0.1) is 0 Å². The van der Waals surface area contributed by atoms with Crippen molar-refractivity contribution in [3.8, 4) is 0 Å². The largest absolute Gasteiger partial charge is 1.00 e. The second kappa shape index (κ2) is 17.1. The quantitative estimate of drug-likeness (QED) is 0.377. The number of rotatable bonds is 0. The summed E-state index contributed by atoms with van der Waals surface area (Å²) in [7, 11) is 0.241. The molecule has 0 aromatic heterocycles. The van der Waals surface area contributed by atoms with Gasteiger partial charge in [-0.3, -0.25) is 0 Å². The van der Waals surface area contributed by atoms with E-state index in [0.717, 1.165) is 0 Å². The smallest absolute Gasteiger partial charge is 1.00 e. The van der Waals surface area contributed by atoms with Gasteiger partial charge in [-0.2, -0.15) is 0 Å². The zero-order chi connectivity index (χ0) is 7.15. The molecule has 0 amide bonds. The first-order chi connectivity index (χ1) is 3.46. The Morgan fingerprint density at radius 3 is 0.600 bits per heavy atom. The first kappa shape index (κ1) is 22.7. The molecule has 0 saturated heterocycles. The van der Waals surface area contributed by atoms with E-state index in [2.05, 4.69) is 40.0 Å². The van der Waals surface area contributed by atoms with Gasteiger partial charge in [0.1, 0.15) is 0 Å². The third kappa shape index (κ3) is 219. The Morgan fingerprint density at radius 1 is 0.600 bits per heavy atom. The van der Waals surface area contributed by atoms with Crippen molar-refractivity contribution in [2.45, 2.75) is 0 Å². The second-order valence-electron chi connectivity index (χ2n) is 3.00. The van der Waals surface area contributed by atoms with Gasteiger partial charge in [-0.05, 0) is 15.8 Å². The average molecular weight is 387 g/mol. The predicted octanol–water partition coefficient (Wildman–Crippen LogP) is -0.818. The molecule has 0 aromatic rings. The summed E-state index contributed by atoms with van der Waals surface area (Å²) < 4.78 is 0. The molecule has 0 aliphatic carbocycles. The van der Waals surface area contributed by atoms with Crippen LogP contribution in [0.1, 0.15) is 0 Å². The number of hydrogen-bond acceptors (Lipinski definition) is 0. The van der Waals surface area contributed by atoms with Crippen LogP contribution in [-0.4, -0.2) is 40.0 Å². The van der Waals surface area contributed by atoms with Gasteiger partial charge in [-0.1, -0.05) is 0 Å². The summed E-state index contributed by atoms with van der Waals surface area (Å²) in [5, 5.41) is 0. The molecule has 0 atom stereocenters.